The van der Waals surface area contributed by atoms with Crippen LogP contribution in [0.4, 0.5) is 5.69 Å². The van der Waals surface area contributed by atoms with Gasteiger partial charge >= 0.3 is 0 Å². The molecule has 0 bridgehead atoms. The van der Waals surface area contributed by atoms with Crippen LogP contribution < -0.4 is 10.6 Å². The summed E-state index contributed by atoms with van der Waals surface area (Å²) in [6, 6.07) is 6.85. The maximum Gasteiger partial charge on any atom is 0.252 e. The summed E-state index contributed by atoms with van der Waals surface area (Å²) in [5, 5.41) is 6.62. The monoisotopic (exact) mass is 293 g/mol. The van der Waals surface area contributed by atoms with Gasteiger partial charge in [-0.15, -0.1) is 0 Å². The Morgan fingerprint density at radius 1 is 1.35 bits per heavy atom. The molecular formula is C15H20ClN3O. The van der Waals surface area contributed by atoms with Crippen molar-refractivity contribution in [3.63, 3.8) is 0 Å². The molecule has 1 aliphatic carbocycles. The first-order chi connectivity index (χ1) is 9.67. The van der Waals surface area contributed by atoms with E-state index in [1.54, 1.807) is 13.1 Å². The first-order valence-electron chi connectivity index (χ1n) is 7.19. The van der Waals surface area contributed by atoms with E-state index in [1.165, 1.54) is 19.4 Å². The zero-order valence-electron chi connectivity index (χ0n) is 11.7. The molecule has 3 rings (SSSR count). The second kappa shape index (κ2) is 5.62. The van der Waals surface area contributed by atoms with Crippen LogP contribution in [0.1, 0.15) is 29.6 Å². The minimum absolute atomic E-state index is 0.148. The second-order valence-corrected chi connectivity index (χ2v) is 6.04. The Kier molecular flexibility index (Phi) is 3.85. The zero-order chi connectivity index (χ0) is 14.1. The highest BCUT2D eigenvalue weighted by atomic mass is 35.5. The molecule has 1 amide bonds. The van der Waals surface area contributed by atoms with Gasteiger partial charge in [0.15, 0.2) is 0 Å². The molecular weight excluding hydrogens is 274 g/mol. The molecule has 1 atom stereocenters. The third-order valence-corrected chi connectivity index (χ3v) is 4.42. The van der Waals surface area contributed by atoms with Crippen LogP contribution in [0.25, 0.3) is 0 Å². The number of benzene rings is 1. The Labute approximate surface area is 124 Å². The van der Waals surface area contributed by atoms with E-state index < -0.39 is 0 Å². The highest BCUT2D eigenvalue weighted by molar-refractivity contribution is 6.34. The predicted octanol–water partition coefficient (Wildman–Crippen LogP) is 2.35. The van der Waals surface area contributed by atoms with Crippen LogP contribution in [-0.2, 0) is 0 Å². The summed E-state index contributed by atoms with van der Waals surface area (Å²) >= 11 is 6.06. The summed E-state index contributed by atoms with van der Waals surface area (Å²) in [6.07, 6.45) is 3.87. The van der Waals surface area contributed by atoms with Crippen molar-refractivity contribution in [3.05, 3.63) is 28.8 Å². The van der Waals surface area contributed by atoms with Gasteiger partial charge in [0.2, 0.25) is 0 Å². The number of likely N-dealkylation sites (tertiary alicyclic amines) is 1. The molecule has 0 aromatic heterocycles. The Morgan fingerprint density at radius 2 is 2.15 bits per heavy atom. The highest BCUT2D eigenvalue weighted by Gasteiger charge is 2.34. The lowest BCUT2D eigenvalue weighted by atomic mass is 10.1. The van der Waals surface area contributed by atoms with Crippen LogP contribution in [0.2, 0.25) is 5.02 Å². The molecule has 108 valence electrons. The van der Waals surface area contributed by atoms with Gasteiger partial charge in [-0.1, -0.05) is 11.6 Å². The summed E-state index contributed by atoms with van der Waals surface area (Å²) in [7, 11) is 1.61. The Hall–Kier alpha value is -1.26. The molecule has 0 radical (unpaired) electrons. The van der Waals surface area contributed by atoms with E-state index in [9.17, 15) is 4.79 Å². The van der Waals surface area contributed by atoms with Gasteiger partial charge in [0, 0.05) is 37.9 Å². The Morgan fingerprint density at radius 3 is 2.85 bits per heavy atom. The minimum Gasteiger partial charge on any atom is -0.381 e. The number of nitrogens with zero attached hydrogens (tertiary/aromatic N) is 1. The highest BCUT2D eigenvalue weighted by Crippen LogP contribution is 2.31. The molecule has 1 heterocycles. The topological polar surface area (TPSA) is 44.4 Å². The van der Waals surface area contributed by atoms with Gasteiger partial charge < -0.3 is 10.6 Å². The van der Waals surface area contributed by atoms with E-state index in [0.29, 0.717) is 16.6 Å². The van der Waals surface area contributed by atoms with Crippen molar-refractivity contribution in [2.75, 3.05) is 25.5 Å². The molecule has 1 unspecified atom stereocenters. The number of halogens is 1. The summed E-state index contributed by atoms with van der Waals surface area (Å²) in [5.74, 6) is -0.148. The van der Waals surface area contributed by atoms with E-state index in [1.807, 2.05) is 12.1 Å². The van der Waals surface area contributed by atoms with Crippen LogP contribution in [-0.4, -0.2) is 43.0 Å². The first kappa shape index (κ1) is 13.7. The minimum atomic E-state index is -0.148. The van der Waals surface area contributed by atoms with Crippen molar-refractivity contribution in [3.8, 4) is 0 Å². The lowest BCUT2D eigenvalue weighted by Gasteiger charge is -2.17. The number of carbonyl (C=O) groups is 1. The van der Waals surface area contributed by atoms with Crippen molar-refractivity contribution in [1.29, 1.82) is 0 Å². The second-order valence-electron chi connectivity index (χ2n) is 5.63. The average Bonchev–Trinajstić information content (AvgIpc) is 3.21. The molecule has 1 saturated carbocycles. The fourth-order valence-corrected chi connectivity index (χ4v) is 3.04. The number of nitrogens with one attached hydrogen (secondary N) is 2. The molecule has 2 fully saturated rings. The van der Waals surface area contributed by atoms with Gasteiger partial charge in [0.05, 0.1) is 10.6 Å². The normalized spacial score (nSPS) is 22.8. The van der Waals surface area contributed by atoms with E-state index in [0.717, 1.165) is 24.7 Å². The first-order valence-corrected chi connectivity index (χ1v) is 7.57. The molecule has 4 nitrogen and oxygen atoms in total. The fraction of sp³-hybridized carbons (Fsp3) is 0.533. The van der Waals surface area contributed by atoms with Gasteiger partial charge in [0.1, 0.15) is 0 Å². The fourth-order valence-electron chi connectivity index (χ4n) is 2.84. The van der Waals surface area contributed by atoms with Gasteiger partial charge in [-0.2, -0.15) is 0 Å². The molecule has 0 spiro atoms. The summed E-state index contributed by atoms with van der Waals surface area (Å²) in [4.78, 5) is 14.3. The molecule has 1 aromatic rings. The molecule has 1 aliphatic heterocycles. The largest absolute Gasteiger partial charge is 0.381 e. The van der Waals surface area contributed by atoms with Gasteiger partial charge in [0.25, 0.3) is 5.91 Å². The van der Waals surface area contributed by atoms with E-state index in [-0.39, 0.29) is 5.91 Å². The lowest BCUT2D eigenvalue weighted by Crippen LogP contribution is -2.27. The van der Waals surface area contributed by atoms with E-state index in [4.69, 9.17) is 11.6 Å². The maximum absolute atomic E-state index is 11.7. The molecule has 5 heteroatoms. The summed E-state index contributed by atoms with van der Waals surface area (Å²) in [6.45, 7) is 2.28. The van der Waals surface area contributed by atoms with E-state index in [2.05, 4.69) is 15.5 Å². The third kappa shape index (κ3) is 2.91. The number of carbonyl (C=O) groups excluding carboxylic acids is 1. The molecule has 1 saturated heterocycles. The van der Waals surface area contributed by atoms with Gasteiger partial charge in [-0.05, 0) is 37.5 Å². The van der Waals surface area contributed by atoms with Crippen LogP contribution in [0.5, 0.6) is 0 Å². The zero-order valence-corrected chi connectivity index (χ0v) is 12.4. The summed E-state index contributed by atoms with van der Waals surface area (Å²) in [5.41, 5.74) is 1.49. The Balaban J connectivity index is 1.66. The van der Waals surface area contributed by atoms with E-state index >= 15 is 0 Å². The SMILES string of the molecule is CNC(=O)c1cc(NC2CCN(C3CC3)C2)ccc1Cl. The van der Waals surface area contributed by atoms with Gasteiger partial charge in [-0.25, -0.2) is 0 Å². The molecule has 2 N–H and O–H groups in total. The lowest BCUT2D eigenvalue weighted by molar-refractivity contribution is 0.0963. The average molecular weight is 294 g/mol. The third-order valence-electron chi connectivity index (χ3n) is 4.09. The smallest absolute Gasteiger partial charge is 0.252 e. The van der Waals surface area contributed by atoms with Crippen molar-refractivity contribution in [2.24, 2.45) is 0 Å². The predicted molar refractivity (Wildman–Crippen MR) is 81.5 cm³/mol. The van der Waals surface area contributed by atoms with Crippen molar-refractivity contribution < 1.29 is 4.79 Å². The standard InChI is InChI=1S/C15H20ClN3O/c1-17-15(20)13-8-10(2-5-14(13)16)18-11-6-7-19(9-11)12-3-4-12/h2,5,8,11-12,18H,3-4,6-7,9H2,1H3,(H,17,20). The number of rotatable bonds is 4. The van der Waals surface area contributed by atoms with Crippen molar-refractivity contribution >= 4 is 23.2 Å². The molecule has 20 heavy (non-hydrogen) atoms. The number of hydrogen-bond donors (Lipinski definition) is 2. The summed E-state index contributed by atoms with van der Waals surface area (Å²) < 4.78 is 0. The van der Waals surface area contributed by atoms with Crippen LogP contribution in [0.15, 0.2) is 18.2 Å². The maximum atomic E-state index is 11.7. The van der Waals surface area contributed by atoms with Crippen molar-refractivity contribution in [2.45, 2.75) is 31.3 Å². The molecule has 1 aromatic carbocycles. The van der Waals surface area contributed by atoms with Gasteiger partial charge in [-0.3, -0.25) is 9.69 Å². The quantitative estimate of drug-likeness (QED) is 0.896. The number of hydrogen-bond acceptors (Lipinski definition) is 3. The number of amides is 1. The van der Waals surface area contributed by atoms with Crippen LogP contribution in [0, 0.1) is 0 Å². The van der Waals surface area contributed by atoms with Crippen LogP contribution >= 0.6 is 11.6 Å². The van der Waals surface area contributed by atoms with Crippen LogP contribution in [0.3, 0.4) is 0 Å². The number of anilines is 1. The molecule has 2 aliphatic rings. The van der Waals surface area contributed by atoms with Crippen molar-refractivity contribution in [1.82, 2.24) is 10.2 Å². The Bertz CT molecular complexity index is 516.